The molecule has 3 amide bonds. The Bertz CT molecular complexity index is 675. The molecule has 6 fully saturated rings. The van der Waals surface area contributed by atoms with E-state index in [1.807, 2.05) is 4.90 Å². The summed E-state index contributed by atoms with van der Waals surface area (Å²) < 4.78 is 0. The van der Waals surface area contributed by atoms with Crippen LogP contribution in [0.4, 0.5) is 0 Å². The average molecular weight is 387 g/mol. The Hall–Kier alpha value is -1.39. The van der Waals surface area contributed by atoms with Gasteiger partial charge in [0.1, 0.15) is 6.54 Å². The second kappa shape index (κ2) is 7.14. The number of hydrogen-bond donors (Lipinski definition) is 0. The second-order valence-corrected chi connectivity index (χ2v) is 10.2. The van der Waals surface area contributed by atoms with Gasteiger partial charge < -0.3 is 4.90 Å². The maximum atomic E-state index is 13.3. The van der Waals surface area contributed by atoms with Crippen LogP contribution in [0.3, 0.4) is 0 Å². The molecule has 2 bridgehead atoms. The molecular formula is C23H34N2O3. The third-order valence-electron chi connectivity index (χ3n) is 8.91. The van der Waals surface area contributed by atoms with Gasteiger partial charge in [0.05, 0.1) is 11.8 Å². The molecule has 0 N–H and O–H groups in total. The molecule has 2 saturated heterocycles. The summed E-state index contributed by atoms with van der Waals surface area (Å²) in [6.45, 7) is 3.03. The SMILES string of the molecule is CC1CCC2CCC1[C@@H]1C(=O)N(CC(=O)N3CCCC4CCCCC43)C(=O)[C@H]21. The zero-order valence-corrected chi connectivity index (χ0v) is 17.1. The van der Waals surface area contributed by atoms with Crippen molar-refractivity contribution in [2.24, 2.45) is 35.5 Å². The van der Waals surface area contributed by atoms with Crippen LogP contribution < -0.4 is 0 Å². The molecule has 7 atom stereocenters. The first-order valence-electron chi connectivity index (χ1n) is 11.7. The highest BCUT2D eigenvalue weighted by atomic mass is 16.2. The highest BCUT2D eigenvalue weighted by Gasteiger charge is 2.58. The Morgan fingerprint density at radius 2 is 1.57 bits per heavy atom. The van der Waals surface area contributed by atoms with Gasteiger partial charge in [0, 0.05) is 12.6 Å². The highest BCUT2D eigenvalue weighted by Crippen LogP contribution is 2.53. The van der Waals surface area contributed by atoms with Crippen LogP contribution in [0, 0.1) is 35.5 Å². The zero-order chi connectivity index (χ0) is 19.4. The van der Waals surface area contributed by atoms with Crippen molar-refractivity contribution in [3.05, 3.63) is 0 Å². The first kappa shape index (κ1) is 18.6. The van der Waals surface area contributed by atoms with Gasteiger partial charge in [-0.05, 0) is 68.6 Å². The molecule has 2 heterocycles. The molecule has 4 aliphatic carbocycles. The van der Waals surface area contributed by atoms with Crippen LogP contribution in [-0.2, 0) is 14.4 Å². The number of fused-ring (bicyclic) bond motifs is 4. The Labute approximate surface area is 168 Å². The average Bonchev–Trinajstić information content (AvgIpc) is 2.85. The first-order chi connectivity index (χ1) is 13.6. The maximum Gasteiger partial charge on any atom is 0.243 e. The lowest BCUT2D eigenvalue weighted by Gasteiger charge is -2.44. The first-order valence-corrected chi connectivity index (χ1v) is 11.7. The van der Waals surface area contributed by atoms with E-state index in [9.17, 15) is 14.4 Å². The maximum absolute atomic E-state index is 13.3. The van der Waals surface area contributed by atoms with Gasteiger partial charge in [-0.3, -0.25) is 19.3 Å². The van der Waals surface area contributed by atoms with Crippen molar-refractivity contribution >= 4 is 17.7 Å². The smallest absolute Gasteiger partial charge is 0.243 e. The molecule has 6 aliphatic rings. The van der Waals surface area contributed by atoms with E-state index in [-0.39, 0.29) is 36.1 Å². The molecule has 0 aromatic rings. The van der Waals surface area contributed by atoms with Crippen LogP contribution in [0.15, 0.2) is 0 Å². The molecule has 154 valence electrons. The van der Waals surface area contributed by atoms with Crippen molar-refractivity contribution < 1.29 is 14.4 Å². The summed E-state index contributed by atoms with van der Waals surface area (Å²) in [6, 6.07) is 0.337. The number of imide groups is 1. The van der Waals surface area contributed by atoms with E-state index >= 15 is 0 Å². The number of carbonyl (C=O) groups excluding carboxylic acids is 3. The monoisotopic (exact) mass is 386 g/mol. The largest absolute Gasteiger partial charge is 0.338 e. The molecule has 4 saturated carbocycles. The van der Waals surface area contributed by atoms with Crippen LogP contribution in [0.2, 0.25) is 0 Å². The van der Waals surface area contributed by atoms with Crippen molar-refractivity contribution in [2.45, 2.75) is 77.2 Å². The molecule has 2 aliphatic heterocycles. The van der Waals surface area contributed by atoms with Crippen molar-refractivity contribution in [3.63, 3.8) is 0 Å². The number of likely N-dealkylation sites (tertiary alicyclic amines) is 2. The number of nitrogens with zero attached hydrogens (tertiary/aromatic N) is 2. The predicted octanol–water partition coefficient (Wildman–Crippen LogP) is 3.22. The molecule has 28 heavy (non-hydrogen) atoms. The van der Waals surface area contributed by atoms with Crippen LogP contribution in [0.25, 0.3) is 0 Å². The Balaban J connectivity index is 1.34. The van der Waals surface area contributed by atoms with E-state index in [0.29, 0.717) is 29.7 Å². The zero-order valence-electron chi connectivity index (χ0n) is 17.1. The number of carbonyl (C=O) groups is 3. The third-order valence-corrected chi connectivity index (χ3v) is 8.91. The Morgan fingerprint density at radius 1 is 0.857 bits per heavy atom. The lowest BCUT2D eigenvalue weighted by molar-refractivity contribution is -0.149. The third kappa shape index (κ3) is 2.83. The number of piperidine rings is 1. The summed E-state index contributed by atoms with van der Waals surface area (Å²) in [7, 11) is 0. The molecule has 5 unspecified atom stereocenters. The summed E-state index contributed by atoms with van der Waals surface area (Å²) >= 11 is 0. The van der Waals surface area contributed by atoms with Crippen LogP contribution in [0.5, 0.6) is 0 Å². The van der Waals surface area contributed by atoms with Gasteiger partial charge >= 0.3 is 0 Å². The van der Waals surface area contributed by atoms with E-state index in [1.54, 1.807) is 0 Å². The van der Waals surface area contributed by atoms with Crippen LogP contribution in [-0.4, -0.2) is 46.7 Å². The highest BCUT2D eigenvalue weighted by molar-refractivity contribution is 6.07. The summed E-state index contributed by atoms with van der Waals surface area (Å²) in [5.74, 6) is 1.45. The van der Waals surface area contributed by atoms with Crippen molar-refractivity contribution in [2.75, 3.05) is 13.1 Å². The molecule has 0 spiro atoms. The predicted molar refractivity (Wildman–Crippen MR) is 105 cm³/mol. The van der Waals surface area contributed by atoms with Gasteiger partial charge in [0.15, 0.2) is 0 Å². The fourth-order valence-corrected chi connectivity index (χ4v) is 7.46. The quantitative estimate of drug-likeness (QED) is 0.685. The molecule has 0 radical (unpaired) electrons. The van der Waals surface area contributed by atoms with Gasteiger partial charge in [0.2, 0.25) is 17.7 Å². The molecule has 6 rings (SSSR count). The summed E-state index contributed by atoms with van der Waals surface area (Å²) in [6.07, 6.45) is 11.4. The molecule has 5 heteroatoms. The van der Waals surface area contributed by atoms with Crippen molar-refractivity contribution in [1.29, 1.82) is 0 Å². The minimum atomic E-state index is -0.152. The van der Waals surface area contributed by atoms with Gasteiger partial charge in [0.25, 0.3) is 0 Å². The summed E-state index contributed by atoms with van der Waals surface area (Å²) in [4.78, 5) is 43.1. The van der Waals surface area contributed by atoms with E-state index < -0.39 is 0 Å². The number of hydrogen-bond acceptors (Lipinski definition) is 3. The minimum Gasteiger partial charge on any atom is -0.338 e. The molecule has 5 nitrogen and oxygen atoms in total. The van der Waals surface area contributed by atoms with Crippen LogP contribution in [0.1, 0.15) is 71.1 Å². The van der Waals surface area contributed by atoms with Crippen molar-refractivity contribution in [3.8, 4) is 0 Å². The second-order valence-electron chi connectivity index (χ2n) is 10.2. The minimum absolute atomic E-state index is 0.00940. The fraction of sp³-hybridized carbons (Fsp3) is 0.870. The van der Waals surface area contributed by atoms with Gasteiger partial charge in [-0.15, -0.1) is 0 Å². The van der Waals surface area contributed by atoms with Crippen molar-refractivity contribution in [1.82, 2.24) is 9.80 Å². The van der Waals surface area contributed by atoms with Gasteiger partial charge in [-0.1, -0.05) is 26.2 Å². The lowest BCUT2D eigenvalue weighted by atomic mass is 9.67. The van der Waals surface area contributed by atoms with E-state index in [2.05, 4.69) is 6.92 Å². The Morgan fingerprint density at radius 3 is 2.43 bits per heavy atom. The molecular weight excluding hydrogens is 352 g/mol. The summed E-state index contributed by atoms with van der Waals surface area (Å²) in [5.41, 5.74) is 0. The summed E-state index contributed by atoms with van der Waals surface area (Å²) in [5, 5.41) is 0. The van der Waals surface area contributed by atoms with Gasteiger partial charge in [-0.25, -0.2) is 0 Å². The fourth-order valence-electron chi connectivity index (χ4n) is 7.46. The van der Waals surface area contributed by atoms with Crippen LogP contribution >= 0.6 is 0 Å². The standard InChI is InChI=1S/C23H34N2O3/c1-14-8-9-16-10-11-17(14)21-20(16)22(27)25(23(21)28)13-19(26)24-12-4-6-15-5-2-3-7-18(15)24/h14-18,20-21H,2-13H2,1H3/t14?,15?,16?,17?,18?,20-,21+/m1/s1. The Kier molecular flexibility index (Phi) is 4.75. The molecule has 0 aromatic carbocycles. The van der Waals surface area contributed by atoms with E-state index in [1.165, 1.54) is 30.6 Å². The topological polar surface area (TPSA) is 57.7 Å². The van der Waals surface area contributed by atoms with E-state index in [4.69, 9.17) is 0 Å². The lowest BCUT2D eigenvalue weighted by Crippen LogP contribution is -2.53. The molecule has 0 aromatic heterocycles. The number of rotatable bonds is 2. The van der Waals surface area contributed by atoms with Gasteiger partial charge in [-0.2, -0.15) is 0 Å². The van der Waals surface area contributed by atoms with E-state index in [0.717, 1.165) is 45.1 Å². The normalized spacial score (nSPS) is 43.0. The number of amides is 3.